The molecule has 1 aromatic heterocycles. The number of ether oxygens (including phenoxy) is 1. The molecule has 7 heteroatoms. The lowest BCUT2D eigenvalue weighted by Gasteiger charge is -2.34. The Hall–Kier alpha value is -2.67. The third-order valence-corrected chi connectivity index (χ3v) is 4.51. The maximum atomic E-state index is 12.2. The van der Waals surface area contributed by atoms with E-state index >= 15 is 0 Å². The molecule has 2 amide bonds. The Morgan fingerprint density at radius 3 is 2.62 bits per heavy atom. The summed E-state index contributed by atoms with van der Waals surface area (Å²) in [5, 5.41) is 2.90. The summed E-state index contributed by atoms with van der Waals surface area (Å²) in [5.74, 6) is 0.708. The first-order chi connectivity index (χ1) is 12.7. The largest absolute Gasteiger partial charge is 0.380 e. The lowest BCUT2D eigenvalue weighted by Crippen LogP contribution is -2.53. The maximum Gasteiger partial charge on any atom is 0.317 e. The second kappa shape index (κ2) is 8.62. The first-order valence-corrected chi connectivity index (χ1v) is 8.86. The molecule has 1 saturated heterocycles. The molecule has 0 aliphatic carbocycles. The van der Waals surface area contributed by atoms with Gasteiger partial charge >= 0.3 is 6.03 Å². The number of carbonyl (C=O) groups excluding carboxylic acids is 1. The summed E-state index contributed by atoms with van der Waals surface area (Å²) in [6.45, 7) is 5.16. The third kappa shape index (κ3) is 4.49. The summed E-state index contributed by atoms with van der Waals surface area (Å²) in [4.78, 5) is 25.2. The van der Waals surface area contributed by atoms with Gasteiger partial charge < -0.3 is 19.9 Å². The van der Waals surface area contributed by atoms with Gasteiger partial charge in [0.1, 0.15) is 0 Å². The first-order valence-electron chi connectivity index (χ1n) is 8.86. The van der Waals surface area contributed by atoms with Crippen LogP contribution >= 0.6 is 0 Å². The Morgan fingerprint density at radius 2 is 1.92 bits per heavy atom. The summed E-state index contributed by atoms with van der Waals surface area (Å²) in [7, 11) is 1.64. The number of urea groups is 1. The zero-order valence-corrected chi connectivity index (χ0v) is 15.3. The van der Waals surface area contributed by atoms with Gasteiger partial charge in [-0.05, 0) is 13.0 Å². The fraction of sp³-hybridized carbons (Fsp3) is 0.421. The van der Waals surface area contributed by atoms with Crippen LogP contribution in [0.15, 0.2) is 42.6 Å². The van der Waals surface area contributed by atoms with Crippen LogP contribution in [0.2, 0.25) is 0 Å². The number of carbonyl (C=O) groups is 1. The van der Waals surface area contributed by atoms with Crippen molar-refractivity contribution in [3.8, 4) is 11.3 Å². The Bertz CT molecular complexity index is 717. The second-order valence-corrected chi connectivity index (χ2v) is 6.31. The number of nitrogens with one attached hydrogen (secondary N) is 1. The van der Waals surface area contributed by atoms with E-state index in [1.807, 2.05) is 48.2 Å². The molecule has 1 aliphatic heterocycles. The summed E-state index contributed by atoms with van der Waals surface area (Å²) >= 11 is 0. The molecule has 0 radical (unpaired) electrons. The van der Waals surface area contributed by atoms with Crippen molar-refractivity contribution in [2.75, 3.05) is 44.7 Å². The Labute approximate surface area is 154 Å². The Kier molecular flexibility index (Phi) is 6.01. The van der Waals surface area contributed by atoms with E-state index in [1.165, 1.54) is 0 Å². The zero-order chi connectivity index (χ0) is 18.4. The van der Waals surface area contributed by atoms with Crippen LogP contribution in [0.4, 0.5) is 10.7 Å². The second-order valence-electron chi connectivity index (χ2n) is 6.31. The first kappa shape index (κ1) is 18.1. The van der Waals surface area contributed by atoms with Gasteiger partial charge in [0.25, 0.3) is 0 Å². The fourth-order valence-electron chi connectivity index (χ4n) is 2.81. The zero-order valence-electron chi connectivity index (χ0n) is 15.3. The van der Waals surface area contributed by atoms with E-state index in [0.717, 1.165) is 11.3 Å². The van der Waals surface area contributed by atoms with Crippen molar-refractivity contribution in [3.63, 3.8) is 0 Å². The van der Waals surface area contributed by atoms with E-state index in [-0.39, 0.29) is 12.1 Å². The molecule has 0 bridgehead atoms. The number of aromatic nitrogens is 2. The van der Waals surface area contributed by atoms with Crippen LogP contribution in [-0.4, -0.2) is 66.8 Å². The van der Waals surface area contributed by atoms with Crippen LogP contribution < -0.4 is 10.2 Å². The van der Waals surface area contributed by atoms with Crippen LogP contribution in [0.25, 0.3) is 11.3 Å². The molecular weight excluding hydrogens is 330 g/mol. The molecule has 0 saturated carbocycles. The number of nitrogens with zero attached hydrogens (tertiary/aromatic N) is 4. The fourth-order valence-corrected chi connectivity index (χ4v) is 2.81. The average Bonchev–Trinajstić information content (AvgIpc) is 2.72. The average molecular weight is 355 g/mol. The van der Waals surface area contributed by atoms with E-state index < -0.39 is 0 Å². The number of anilines is 1. The normalized spacial score (nSPS) is 15.6. The van der Waals surface area contributed by atoms with Gasteiger partial charge in [-0.2, -0.15) is 0 Å². The van der Waals surface area contributed by atoms with Gasteiger partial charge in [-0.3, -0.25) is 0 Å². The quantitative estimate of drug-likeness (QED) is 0.888. The smallest absolute Gasteiger partial charge is 0.317 e. The van der Waals surface area contributed by atoms with Gasteiger partial charge in [0.15, 0.2) is 0 Å². The number of piperazine rings is 1. The van der Waals surface area contributed by atoms with Crippen molar-refractivity contribution in [3.05, 3.63) is 42.6 Å². The molecule has 0 spiro atoms. The van der Waals surface area contributed by atoms with Gasteiger partial charge in [0, 0.05) is 51.6 Å². The minimum Gasteiger partial charge on any atom is -0.380 e. The van der Waals surface area contributed by atoms with E-state index in [0.29, 0.717) is 38.7 Å². The van der Waals surface area contributed by atoms with Gasteiger partial charge in [-0.15, -0.1) is 0 Å². The highest BCUT2D eigenvalue weighted by molar-refractivity contribution is 5.74. The number of benzene rings is 1. The van der Waals surface area contributed by atoms with E-state index in [2.05, 4.69) is 20.2 Å². The molecule has 1 N–H and O–H groups in total. The summed E-state index contributed by atoms with van der Waals surface area (Å²) in [6, 6.07) is 11.9. The van der Waals surface area contributed by atoms with Crippen LogP contribution in [0.1, 0.15) is 6.92 Å². The van der Waals surface area contributed by atoms with Crippen LogP contribution in [0.5, 0.6) is 0 Å². The molecular formula is C19H25N5O2. The minimum atomic E-state index is -0.0486. The molecule has 1 atom stereocenters. The minimum absolute atomic E-state index is 0.00867. The number of rotatable bonds is 5. The summed E-state index contributed by atoms with van der Waals surface area (Å²) < 4.78 is 5.15. The number of hydrogen-bond donors (Lipinski definition) is 1. The lowest BCUT2D eigenvalue weighted by atomic mass is 10.1. The highest BCUT2D eigenvalue weighted by Gasteiger charge is 2.22. The standard InChI is InChI=1S/C19H25N5O2/c1-15(26-2)14-21-19(25)24-12-10-23(11-13-24)18-20-9-8-17(22-18)16-6-4-3-5-7-16/h3-9,15H,10-14H2,1-2H3,(H,21,25). The maximum absolute atomic E-state index is 12.2. The van der Waals surface area contributed by atoms with E-state index in [1.54, 1.807) is 13.3 Å². The van der Waals surface area contributed by atoms with Crippen molar-refractivity contribution in [1.82, 2.24) is 20.2 Å². The number of methoxy groups -OCH3 is 1. The van der Waals surface area contributed by atoms with Gasteiger partial charge in [-0.1, -0.05) is 30.3 Å². The van der Waals surface area contributed by atoms with Crippen molar-refractivity contribution in [2.24, 2.45) is 0 Å². The predicted molar refractivity (Wildman–Crippen MR) is 101 cm³/mol. The highest BCUT2D eigenvalue weighted by Crippen LogP contribution is 2.19. The molecule has 3 rings (SSSR count). The van der Waals surface area contributed by atoms with Crippen molar-refractivity contribution in [2.45, 2.75) is 13.0 Å². The molecule has 2 aromatic rings. The van der Waals surface area contributed by atoms with Gasteiger partial charge in [0.2, 0.25) is 5.95 Å². The van der Waals surface area contributed by atoms with E-state index in [4.69, 9.17) is 4.74 Å². The molecule has 26 heavy (non-hydrogen) atoms. The Balaban J connectivity index is 1.58. The summed E-state index contributed by atoms with van der Waals surface area (Å²) in [5.41, 5.74) is 1.98. The van der Waals surface area contributed by atoms with Crippen molar-refractivity contribution < 1.29 is 9.53 Å². The predicted octanol–water partition coefficient (Wildman–Crippen LogP) is 2.01. The van der Waals surface area contributed by atoms with Crippen LogP contribution in [0, 0.1) is 0 Å². The van der Waals surface area contributed by atoms with Crippen molar-refractivity contribution >= 4 is 12.0 Å². The SMILES string of the molecule is COC(C)CNC(=O)N1CCN(c2nccc(-c3ccccc3)n2)CC1. The highest BCUT2D eigenvalue weighted by atomic mass is 16.5. The van der Waals surface area contributed by atoms with E-state index in [9.17, 15) is 4.79 Å². The number of amides is 2. The summed E-state index contributed by atoms with van der Waals surface area (Å²) in [6.07, 6.45) is 1.80. The van der Waals surface area contributed by atoms with Crippen molar-refractivity contribution in [1.29, 1.82) is 0 Å². The molecule has 1 fully saturated rings. The third-order valence-electron chi connectivity index (χ3n) is 4.51. The van der Waals surface area contributed by atoms with Crippen LogP contribution in [0.3, 0.4) is 0 Å². The molecule has 1 aliphatic rings. The molecule has 138 valence electrons. The lowest BCUT2D eigenvalue weighted by molar-refractivity contribution is 0.115. The van der Waals surface area contributed by atoms with Gasteiger partial charge in [0.05, 0.1) is 11.8 Å². The van der Waals surface area contributed by atoms with Gasteiger partial charge in [-0.25, -0.2) is 14.8 Å². The topological polar surface area (TPSA) is 70.6 Å². The Morgan fingerprint density at radius 1 is 1.19 bits per heavy atom. The monoisotopic (exact) mass is 355 g/mol. The number of hydrogen-bond acceptors (Lipinski definition) is 5. The molecule has 2 heterocycles. The van der Waals surface area contributed by atoms with Crippen LogP contribution in [-0.2, 0) is 4.74 Å². The molecule has 1 aromatic carbocycles. The molecule has 1 unspecified atom stereocenters. The molecule has 7 nitrogen and oxygen atoms in total.